The van der Waals surface area contributed by atoms with Crippen molar-refractivity contribution < 1.29 is 42.3 Å². The summed E-state index contributed by atoms with van der Waals surface area (Å²) >= 11 is 0. The van der Waals surface area contributed by atoms with E-state index in [1.54, 1.807) is 11.9 Å². The molecule has 4 N–H and O–H groups in total. The van der Waals surface area contributed by atoms with E-state index in [2.05, 4.69) is 10.3 Å². The maximum Gasteiger partial charge on any atom is 0.399 e. The molecule has 2 aliphatic heterocycles. The monoisotopic (exact) mass is 645 g/mol. The van der Waals surface area contributed by atoms with Gasteiger partial charge in [-0.1, -0.05) is 36.4 Å². The van der Waals surface area contributed by atoms with E-state index < -0.39 is 42.7 Å². The van der Waals surface area contributed by atoms with Gasteiger partial charge in [-0.05, 0) is 43.0 Å². The van der Waals surface area contributed by atoms with Crippen molar-refractivity contribution in [2.24, 2.45) is 0 Å². The predicted molar refractivity (Wildman–Crippen MR) is 159 cm³/mol. The van der Waals surface area contributed by atoms with E-state index in [0.717, 1.165) is 17.7 Å². The number of halogens is 2. The Balaban J connectivity index is 1.39. The molecule has 2 fully saturated rings. The Bertz CT molecular complexity index is 1680. The highest BCUT2D eigenvalue weighted by Crippen LogP contribution is 2.59. The summed E-state index contributed by atoms with van der Waals surface area (Å²) < 4.78 is 39.9. The molecule has 2 saturated heterocycles. The number of carbonyl (C=O) groups is 4. The number of nitrogens with zero attached hydrogens (tertiary/aromatic N) is 3. The van der Waals surface area contributed by atoms with Gasteiger partial charge in [-0.2, -0.15) is 8.78 Å². The van der Waals surface area contributed by atoms with Gasteiger partial charge in [0.2, 0.25) is 17.7 Å². The normalized spacial score (nSPS) is 20.8. The number of carbonyl (C=O) groups excluding carboxylic acids is 4. The van der Waals surface area contributed by atoms with Gasteiger partial charge < -0.3 is 34.8 Å². The van der Waals surface area contributed by atoms with Crippen molar-refractivity contribution in [3.63, 3.8) is 0 Å². The zero-order chi connectivity index (χ0) is 32.7. The number of nitrogens with one attached hydrogen (secondary N) is 2. The third-order valence-corrected chi connectivity index (χ3v) is 9.43. The highest BCUT2D eigenvalue weighted by Gasteiger charge is 2.50. The van der Waals surface area contributed by atoms with E-state index in [0.29, 0.717) is 32.4 Å². The molecule has 45 heavy (non-hydrogen) atoms. The van der Waals surface area contributed by atoms with Crippen molar-refractivity contribution in [3.8, 4) is 0 Å². The SMILES string of the molecule is CC(=O)N1CC[C@H]2CC[C@@H](C(=O)N(C)Cc3ccccc3)N2C(=O)[C@@H](NC(=O)c2cc3cc(C(F)(F)P(=O)(O)O)ccc3[nH]2)C1. The van der Waals surface area contributed by atoms with Crippen LogP contribution < -0.4 is 5.32 Å². The zero-order valence-corrected chi connectivity index (χ0v) is 25.5. The zero-order valence-electron chi connectivity index (χ0n) is 24.7. The minimum atomic E-state index is -5.80. The van der Waals surface area contributed by atoms with Crippen LogP contribution in [-0.2, 0) is 31.2 Å². The number of rotatable bonds is 7. The molecule has 2 aromatic carbocycles. The molecule has 0 bridgehead atoms. The number of hydrogen-bond acceptors (Lipinski definition) is 5. The van der Waals surface area contributed by atoms with Crippen LogP contribution in [0.4, 0.5) is 8.78 Å². The van der Waals surface area contributed by atoms with Crippen molar-refractivity contribution >= 4 is 42.1 Å². The van der Waals surface area contributed by atoms with Gasteiger partial charge in [-0.3, -0.25) is 23.7 Å². The summed E-state index contributed by atoms with van der Waals surface area (Å²) in [6, 6.07) is 11.3. The van der Waals surface area contributed by atoms with Gasteiger partial charge in [-0.25, -0.2) is 0 Å². The summed E-state index contributed by atoms with van der Waals surface area (Å²) in [7, 11) is -4.13. The van der Waals surface area contributed by atoms with Gasteiger partial charge in [0.25, 0.3) is 5.91 Å². The molecule has 0 spiro atoms. The minimum Gasteiger partial charge on any atom is -0.351 e. The number of likely N-dealkylation sites (N-methyl/N-ethyl adjacent to an activating group) is 1. The van der Waals surface area contributed by atoms with Crippen LogP contribution in [0.25, 0.3) is 10.9 Å². The van der Waals surface area contributed by atoms with Crippen LogP contribution in [0.2, 0.25) is 0 Å². The molecule has 5 rings (SSSR count). The third-order valence-electron chi connectivity index (χ3n) is 8.44. The number of H-pyrrole nitrogens is 1. The van der Waals surface area contributed by atoms with Crippen molar-refractivity contribution in [2.45, 2.75) is 56.5 Å². The van der Waals surface area contributed by atoms with Gasteiger partial charge in [0.05, 0.1) is 0 Å². The number of aromatic amines is 1. The largest absolute Gasteiger partial charge is 0.399 e. The lowest BCUT2D eigenvalue weighted by molar-refractivity contribution is -0.148. The molecule has 0 saturated carbocycles. The van der Waals surface area contributed by atoms with Gasteiger partial charge in [-0.15, -0.1) is 0 Å². The highest BCUT2D eigenvalue weighted by molar-refractivity contribution is 7.52. The number of hydrogen-bond donors (Lipinski definition) is 4. The molecule has 12 nitrogen and oxygen atoms in total. The van der Waals surface area contributed by atoms with Crippen molar-refractivity contribution in [3.05, 3.63) is 71.4 Å². The molecule has 1 aromatic heterocycles. The Morgan fingerprint density at radius 2 is 1.80 bits per heavy atom. The molecule has 2 aliphatic rings. The Kier molecular flexibility index (Phi) is 8.85. The number of amides is 4. The van der Waals surface area contributed by atoms with E-state index >= 15 is 0 Å². The van der Waals surface area contributed by atoms with Crippen LogP contribution >= 0.6 is 7.60 Å². The van der Waals surface area contributed by atoms with E-state index in [1.165, 1.54) is 28.9 Å². The summed E-state index contributed by atoms with van der Waals surface area (Å²) in [4.78, 5) is 79.0. The van der Waals surface area contributed by atoms with E-state index in [1.807, 2.05) is 30.3 Å². The number of benzene rings is 2. The summed E-state index contributed by atoms with van der Waals surface area (Å²) in [6.07, 6.45) is 1.46. The van der Waals surface area contributed by atoms with E-state index in [9.17, 15) is 32.5 Å². The molecule has 3 atom stereocenters. The second-order valence-corrected chi connectivity index (χ2v) is 13.2. The van der Waals surface area contributed by atoms with Crippen molar-refractivity contribution in [2.75, 3.05) is 20.1 Å². The molecule has 0 radical (unpaired) electrons. The third kappa shape index (κ3) is 6.49. The van der Waals surface area contributed by atoms with Crippen LogP contribution in [0.5, 0.6) is 0 Å². The Labute approximate surface area is 257 Å². The van der Waals surface area contributed by atoms with Crippen LogP contribution in [0.15, 0.2) is 54.6 Å². The van der Waals surface area contributed by atoms with Gasteiger partial charge >= 0.3 is 13.3 Å². The summed E-state index contributed by atoms with van der Waals surface area (Å²) in [5.41, 5.74) is -4.28. The summed E-state index contributed by atoms with van der Waals surface area (Å²) in [5, 5.41) is 2.75. The fourth-order valence-corrected chi connectivity index (χ4v) is 6.52. The highest BCUT2D eigenvalue weighted by atomic mass is 31.2. The molecule has 0 unspecified atom stereocenters. The molecule has 3 aromatic rings. The first-order valence-corrected chi connectivity index (χ1v) is 16.0. The van der Waals surface area contributed by atoms with E-state index in [4.69, 9.17) is 9.79 Å². The lowest BCUT2D eigenvalue weighted by Crippen LogP contribution is -2.61. The smallest absolute Gasteiger partial charge is 0.351 e. The predicted octanol–water partition coefficient (Wildman–Crippen LogP) is 2.76. The first kappa shape index (κ1) is 32.3. The first-order chi connectivity index (χ1) is 21.2. The second-order valence-electron chi connectivity index (χ2n) is 11.5. The fourth-order valence-electron chi connectivity index (χ4n) is 6.05. The number of fused-ring (bicyclic) bond motifs is 2. The Morgan fingerprint density at radius 1 is 1.09 bits per heavy atom. The van der Waals surface area contributed by atoms with Gasteiger partial charge in [0, 0.05) is 56.1 Å². The van der Waals surface area contributed by atoms with Crippen molar-refractivity contribution in [1.82, 2.24) is 25.0 Å². The maximum absolute atomic E-state index is 14.3. The molecular formula is C30H34F2N5O7P. The quantitative estimate of drug-likeness (QED) is 0.287. The standard InChI is InChI=1S/C30H34F2N5O7P/c1-18(38)36-13-12-22-9-11-26(29(41)35(2)16-19-6-4-3-5-7-19)37(22)28(40)25(17-36)34-27(39)24-15-20-14-21(8-10-23(20)33-24)30(31,32)45(42,43)44/h3-8,10,14-15,22,25-26,33H,9,11-13,16-17H2,1-2H3,(H,34,39)(H2,42,43,44)/t22-,25+,26+/m1/s1. The lowest BCUT2D eigenvalue weighted by Gasteiger charge is -2.39. The topological polar surface area (TPSA) is 163 Å². The molecule has 3 heterocycles. The second kappa shape index (κ2) is 12.3. The summed E-state index contributed by atoms with van der Waals surface area (Å²) in [6.45, 7) is 1.90. The maximum atomic E-state index is 14.3. The van der Waals surface area contributed by atoms with E-state index in [-0.39, 0.29) is 41.0 Å². The number of alkyl halides is 2. The summed E-state index contributed by atoms with van der Waals surface area (Å²) in [5.74, 6) is -1.80. The average molecular weight is 646 g/mol. The average Bonchev–Trinajstić information content (AvgIpc) is 3.60. The van der Waals surface area contributed by atoms with Gasteiger partial charge in [0.1, 0.15) is 17.8 Å². The Hall–Kier alpha value is -4.13. The molecule has 0 aliphatic carbocycles. The van der Waals surface area contributed by atoms with Crippen LogP contribution in [0.3, 0.4) is 0 Å². The van der Waals surface area contributed by atoms with Crippen LogP contribution in [0, 0.1) is 0 Å². The molecule has 240 valence electrons. The fraction of sp³-hybridized carbons (Fsp3) is 0.400. The molecule has 4 amide bonds. The lowest BCUT2D eigenvalue weighted by atomic mass is 10.1. The minimum absolute atomic E-state index is 0.0897. The molecule has 15 heteroatoms. The van der Waals surface area contributed by atoms with Gasteiger partial charge in [0.15, 0.2) is 0 Å². The first-order valence-electron chi connectivity index (χ1n) is 14.4. The van der Waals surface area contributed by atoms with Crippen LogP contribution in [0.1, 0.15) is 47.8 Å². The number of aromatic nitrogens is 1. The Morgan fingerprint density at radius 3 is 2.47 bits per heavy atom. The van der Waals surface area contributed by atoms with Crippen molar-refractivity contribution in [1.29, 1.82) is 0 Å². The molecular weight excluding hydrogens is 611 g/mol. The van der Waals surface area contributed by atoms with Crippen LogP contribution in [-0.4, -0.2) is 91.4 Å².